The van der Waals surface area contributed by atoms with Crippen molar-refractivity contribution in [2.45, 2.75) is 199 Å². The Kier molecular flexibility index (Phi) is 39.9. The van der Waals surface area contributed by atoms with Crippen LogP contribution in [0, 0.1) is 0 Å². The molecule has 0 rings (SSSR count). The van der Waals surface area contributed by atoms with E-state index in [1.165, 1.54) is 77.0 Å². The number of aliphatic hydroxyl groups excluding tert-OH is 1. The fourth-order valence-corrected chi connectivity index (χ4v) is 7.20. The van der Waals surface area contributed by atoms with Gasteiger partial charge in [-0.3, -0.25) is 13.8 Å². The molecule has 9 heteroatoms. The topological polar surface area (TPSA) is 105 Å². The van der Waals surface area contributed by atoms with Gasteiger partial charge in [0.25, 0.3) is 0 Å². The van der Waals surface area contributed by atoms with Gasteiger partial charge in [-0.1, -0.05) is 189 Å². The Morgan fingerprint density at radius 1 is 0.593 bits per heavy atom. The molecular formula is C50H92N2O6P+. The van der Waals surface area contributed by atoms with Gasteiger partial charge in [-0.2, -0.15) is 0 Å². The number of allylic oxidation sites excluding steroid dienone is 12. The van der Waals surface area contributed by atoms with E-state index in [1.807, 2.05) is 21.1 Å². The van der Waals surface area contributed by atoms with Gasteiger partial charge in [0, 0.05) is 6.42 Å². The van der Waals surface area contributed by atoms with E-state index in [9.17, 15) is 19.4 Å². The zero-order chi connectivity index (χ0) is 43.6. The zero-order valence-electron chi connectivity index (χ0n) is 38.7. The number of phosphoric ester groups is 1. The van der Waals surface area contributed by atoms with Crippen molar-refractivity contribution in [3.8, 4) is 0 Å². The van der Waals surface area contributed by atoms with Crippen molar-refractivity contribution in [1.29, 1.82) is 0 Å². The van der Waals surface area contributed by atoms with Gasteiger partial charge in [-0.15, -0.1) is 0 Å². The van der Waals surface area contributed by atoms with E-state index in [4.69, 9.17) is 9.05 Å². The summed E-state index contributed by atoms with van der Waals surface area (Å²) in [5, 5.41) is 13.7. The molecule has 3 atom stereocenters. The number of likely N-dealkylation sites (N-methyl/N-ethyl adjacent to an activating group) is 1. The molecule has 1 amide bonds. The van der Waals surface area contributed by atoms with E-state index in [-0.39, 0.29) is 19.1 Å². The average molecular weight is 848 g/mol. The van der Waals surface area contributed by atoms with Crippen LogP contribution in [-0.2, 0) is 18.4 Å². The molecule has 0 spiro atoms. The van der Waals surface area contributed by atoms with Crippen LogP contribution >= 0.6 is 7.82 Å². The first-order valence-electron chi connectivity index (χ1n) is 23.8. The summed E-state index contributed by atoms with van der Waals surface area (Å²) in [6, 6.07) is -0.759. The largest absolute Gasteiger partial charge is 0.472 e. The summed E-state index contributed by atoms with van der Waals surface area (Å²) in [4.78, 5) is 22.9. The monoisotopic (exact) mass is 848 g/mol. The average Bonchev–Trinajstić information content (AvgIpc) is 3.19. The lowest BCUT2D eigenvalue weighted by Crippen LogP contribution is -2.46. The van der Waals surface area contributed by atoms with Crippen molar-refractivity contribution in [2.24, 2.45) is 0 Å². The van der Waals surface area contributed by atoms with Gasteiger partial charge in [0.1, 0.15) is 13.2 Å². The van der Waals surface area contributed by atoms with Crippen LogP contribution < -0.4 is 5.32 Å². The number of hydrogen-bond donors (Lipinski definition) is 3. The van der Waals surface area contributed by atoms with Crippen LogP contribution in [0.25, 0.3) is 0 Å². The molecule has 8 nitrogen and oxygen atoms in total. The molecule has 0 aromatic rings. The fourth-order valence-electron chi connectivity index (χ4n) is 6.46. The normalized spacial score (nSPS) is 14.9. The van der Waals surface area contributed by atoms with Crippen LogP contribution in [0.1, 0.15) is 187 Å². The SMILES string of the molecule is CC/C=C\C/C=C\C/C=C\C/C=C\C/C=C\C/C=C\CCCCCCCCCCCCCCCCC(=O)NC(COP(=O)(O)OCC[N+](C)(C)C)C(O)CCCCCC. The van der Waals surface area contributed by atoms with Gasteiger partial charge in [-0.25, -0.2) is 4.57 Å². The number of hydrogen-bond acceptors (Lipinski definition) is 5. The molecule has 0 aromatic carbocycles. The lowest BCUT2D eigenvalue weighted by Gasteiger charge is -2.26. The maximum atomic E-state index is 12.8. The number of phosphoric acid groups is 1. The second-order valence-corrected chi connectivity index (χ2v) is 18.6. The maximum absolute atomic E-state index is 12.8. The van der Waals surface area contributed by atoms with Gasteiger partial charge >= 0.3 is 7.82 Å². The van der Waals surface area contributed by atoms with Crippen molar-refractivity contribution >= 4 is 13.7 Å². The van der Waals surface area contributed by atoms with Crippen LogP contribution in [0.4, 0.5) is 0 Å². The molecule has 0 saturated heterocycles. The van der Waals surface area contributed by atoms with Gasteiger partial charge in [0.05, 0.1) is 39.9 Å². The summed E-state index contributed by atoms with van der Waals surface area (Å²) >= 11 is 0. The predicted octanol–water partition coefficient (Wildman–Crippen LogP) is 13.6. The Hall–Kier alpha value is -2.06. The Bertz CT molecular complexity index is 1190. The quantitative estimate of drug-likeness (QED) is 0.0245. The number of nitrogens with zero attached hydrogens (tertiary/aromatic N) is 1. The smallest absolute Gasteiger partial charge is 0.391 e. The molecule has 0 bridgehead atoms. The van der Waals surface area contributed by atoms with Gasteiger partial charge in [0.15, 0.2) is 0 Å². The second-order valence-electron chi connectivity index (χ2n) is 17.1. The Balaban J connectivity index is 3.85. The third-order valence-corrected chi connectivity index (χ3v) is 11.2. The van der Waals surface area contributed by atoms with Gasteiger partial charge in [-0.05, 0) is 64.2 Å². The summed E-state index contributed by atoms with van der Waals surface area (Å²) in [7, 11) is 1.60. The van der Waals surface area contributed by atoms with Crippen LogP contribution in [-0.4, -0.2) is 73.4 Å². The standard InChI is InChI=1S/C50H91N2O6P/c1-6-8-10-12-13-14-15-16-17-18-19-20-21-22-23-24-25-26-27-28-29-30-31-32-33-34-35-36-37-38-39-40-42-44-50(54)51-48(49(53)43-41-11-9-7-2)47-58-59(55,56)57-46-45-52(3,4)5/h8,10,13-14,16-17,19-20,22-23,25-26,48-49,53H,6-7,9,11-12,15,18,21,24,27-47H2,1-5H3,(H-,51,54,55,56)/p+1/b10-8-,14-13-,17-16-,20-19-,23-22-,26-25-. The van der Waals surface area contributed by atoms with E-state index in [0.29, 0.717) is 23.9 Å². The van der Waals surface area contributed by atoms with Crippen molar-refractivity contribution in [1.82, 2.24) is 5.32 Å². The van der Waals surface area contributed by atoms with E-state index < -0.39 is 20.0 Å². The van der Waals surface area contributed by atoms with Crippen LogP contribution in [0.3, 0.4) is 0 Å². The highest BCUT2D eigenvalue weighted by molar-refractivity contribution is 7.47. The molecule has 3 unspecified atom stereocenters. The molecule has 0 aliphatic rings. The van der Waals surface area contributed by atoms with Crippen LogP contribution in [0.5, 0.6) is 0 Å². The summed E-state index contributed by atoms with van der Waals surface area (Å²) in [6.07, 6.45) is 55.8. The third-order valence-electron chi connectivity index (χ3n) is 10.2. The maximum Gasteiger partial charge on any atom is 0.472 e. The Morgan fingerprint density at radius 2 is 1.02 bits per heavy atom. The summed E-state index contributed by atoms with van der Waals surface area (Å²) < 4.78 is 23.4. The first-order valence-corrected chi connectivity index (χ1v) is 25.3. The number of unbranched alkanes of at least 4 members (excludes halogenated alkanes) is 17. The number of aliphatic hydroxyl groups is 1. The first kappa shape index (κ1) is 56.9. The molecule has 0 heterocycles. The van der Waals surface area contributed by atoms with Crippen molar-refractivity contribution < 1.29 is 32.9 Å². The molecule has 0 saturated carbocycles. The van der Waals surface area contributed by atoms with E-state index >= 15 is 0 Å². The van der Waals surface area contributed by atoms with Crippen LogP contribution in [0.2, 0.25) is 0 Å². The molecule has 0 aliphatic carbocycles. The van der Waals surface area contributed by atoms with E-state index in [1.54, 1.807) is 0 Å². The summed E-state index contributed by atoms with van der Waals surface area (Å²) in [5.41, 5.74) is 0. The van der Waals surface area contributed by atoms with Crippen molar-refractivity contribution in [3.63, 3.8) is 0 Å². The zero-order valence-corrected chi connectivity index (χ0v) is 39.6. The number of carbonyl (C=O) groups is 1. The third kappa shape index (κ3) is 43.8. The summed E-state index contributed by atoms with van der Waals surface area (Å²) in [5.74, 6) is -0.158. The number of nitrogens with one attached hydrogen (secondary N) is 1. The predicted molar refractivity (Wildman–Crippen MR) is 253 cm³/mol. The highest BCUT2D eigenvalue weighted by atomic mass is 31.2. The number of carbonyl (C=O) groups excluding carboxylic acids is 1. The van der Waals surface area contributed by atoms with Gasteiger partial charge in [0.2, 0.25) is 5.91 Å². The highest BCUT2D eigenvalue weighted by Gasteiger charge is 2.28. The molecule has 342 valence electrons. The fraction of sp³-hybridized carbons (Fsp3) is 0.740. The highest BCUT2D eigenvalue weighted by Crippen LogP contribution is 2.43. The minimum Gasteiger partial charge on any atom is -0.391 e. The molecule has 59 heavy (non-hydrogen) atoms. The van der Waals surface area contributed by atoms with Crippen molar-refractivity contribution in [2.75, 3.05) is 40.9 Å². The Labute approximate surface area is 364 Å². The number of quaternary nitrogens is 1. The minimum atomic E-state index is -4.30. The second kappa shape index (κ2) is 41.3. The molecule has 0 radical (unpaired) electrons. The van der Waals surface area contributed by atoms with E-state index in [2.05, 4.69) is 92.1 Å². The molecule has 0 aliphatic heterocycles. The summed E-state index contributed by atoms with van der Waals surface area (Å²) in [6.45, 7) is 4.64. The van der Waals surface area contributed by atoms with Crippen LogP contribution in [0.15, 0.2) is 72.9 Å². The molecule has 0 aromatic heterocycles. The van der Waals surface area contributed by atoms with E-state index in [0.717, 1.165) is 83.5 Å². The lowest BCUT2D eigenvalue weighted by atomic mass is 10.0. The Morgan fingerprint density at radius 3 is 1.47 bits per heavy atom. The first-order chi connectivity index (χ1) is 28.5. The number of rotatable bonds is 42. The molecular weight excluding hydrogens is 756 g/mol. The molecule has 3 N–H and O–H groups in total. The van der Waals surface area contributed by atoms with Gasteiger partial charge < -0.3 is 19.8 Å². The van der Waals surface area contributed by atoms with Crippen molar-refractivity contribution in [3.05, 3.63) is 72.9 Å². The lowest BCUT2D eigenvalue weighted by molar-refractivity contribution is -0.870. The number of amides is 1. The molecule has 0 fully saturated rings. The minimum absolute atomic E-state index is 0.0710.